The summed E-state index contributed by atoms with van der Waals surface area (Å²) in [5, 5.41) is 3.65. The van der Waals surface area contributed by atoms with E-state index in [4.69, 9.17) is 0 Å². The van der Waals surface area contributed by atoms with E-state index >= 15 is 0 Å². The van der Waals surface area contributed by atoms with Crippen molar-refractivity contribution in [2.75, 3.05) is 13.6 Å². The fraction of sp³-hybridized carbons (Fsp3) is 0.786. The molecule has 7 heteroatoms. The lowest BCUT2D eigenvalue weighted by Gasteiger charge is -2.33. The van der Waals surface area contributed by atoms with Crippen LogP contribution in [0.4, 0.5) is 0 Å². The molecule has 1 fully saturated rings. The smallest absolute Gasteiger partial charge is 0.260 e. The first kappa shape index (κ1) is 16.5. The van der Waals surface area contributed by atoms with E-state index in [-0.39, 0.29) is 11.1 Å². The maximum atomic E-state index is 12.6. The van der Waals surface area contributed by atoms with Gasteiger partial charge in [-0.05, 0) is 32.2 Å². The Hall–Kier alpha value is -0.920. The summed E-state index contributed by atoms with van der Waals surface area (Å²) in [4.78, 5) is 6.99. The molecule has 2 rings (SSSR count). The summed E-state index contributed by atoms with van der Waals surface area (Å²) in [6.07, 6.45) is 6.00. The first-order chi connectivity index (χ1) is 9.98. The maximum absolute atomic E-state index is 12.6. The summed E-state index contributed by atoms with van der Waals surface area (Å²) in [6.45, 7) is 5.02. The molecular formula is C14H26N4O2S. The number of aromatic nitrogens is 2. The Morgan fingerprint density at radius 1 is 1.33 bits per heavy atom. The number of H-pyrrole nitrogens is 1. The van der Waals surface area contributed by atoms with E-state index in [0.717, 1.165) is 32.2 Å². The molecule has 0 atom stereocenters. The van der Waals surface area contributed by atoms with Crippen molar-refractivity contribution in [2.45, 2.75) is 63.1 Å². The predicted molar refractivity (Wildman–Crippen MR) is 82.6 cm³/mol. The summed E-state index contributed by atoms with van der Waals surface area (Å²) < 4.78 is 26.7. The topological polar surface area (TPSA) is 78.1 Å². The molecule has 120 valence electrons. The average molecular weight is 314 g/mol. The molecule has 0 saturated heterocycles. The third kappa shape index (κ3) is 3.64. The highest BCUT2D eigenvalue weighted by Gasteiger charge is 2.32. The van der Waals surface area contributed by atoms with Gasteiger partial charge in [0.1, 0.15) is 5.82 Å². The molecule has 1 aliphatic carbocycles. The normalized spacial score (nSPS) is 23.6. The SMILES string of the molecule is CCNC1CCC(N(C)S(=O)(=O)c2cnc(CC)[nH]2)CC1. The summed E-state index contributed by atoms with van der Waals surface area (Å²) in [6, 6.07) is 0.611. The summed E-state index contributed by atoms with van der Waals surface area (Å²) in [5.74, 6) is 0.706. The fourth-order valence-electron chi connectivity index (χ4n) is 2.94. The first-order valence-electron chi connectivity index (χ1n) is 7.74. The third-order valence-electron chi connectivity index (χ3n) is 4.30. The molecule has 1 aliphatic rings. The second-order valence-corrected chi connectivity index (χ2v) is 7.60. The van der Waals surface area contributed by atoms with Crippen LogP contribution in [0.1, 0.15) is 45.4 Å². The molecule has 21 heavy (non-hydrogen) atoms. The van der Waals surface area contributed by atoms with Gasteiger partial charge in [0.05, 0.1) is 6.20 Å². The highest BCUT2D eigenvalue weighted by Crippen LogP contribution is 2.26. The highest BCUT2D eigenvalue weighted by molar-refractivity contribution is 7.89. The molecule has 0 bridgehead atoms. The van der Waals surface area contributed by atoms with Crippen LogP contribution in [0.25, 0.3) is 0 Å². The number of aromatic amines is 1. The number of imidazole rings is 1. The minimum Gasteiger partial charge on any atom is -0.332 e. The van der Waals surface area contributed by atoms with Crippen LogP contribution in [-0.4, -0.2) is 48.4 Å². The monoisotopic (exact) mass is 314 g/mol. The summed E-state index contributed by atoms with van der Waals surface area (Å²) in [5.41, 5.74) is 0. The van der Waals surface area contributed by atoms with E-state index in [1.807, 2.05) is 6.92 Å². The standard InChI is InChI=1S/C14H26N4O2S/c1-4-13-16-10-14(17-13)21(19,20)18(3)12-8-6-11(7-9-12)15-5-2/h10-12,15H,4-9H2,1-3H3,(H,16,17). The van der Waals surface area contributed by atoms with Crippen molar-refractivity contribution in [2.24, 2.45) is 0 Å². The van der Waals surface area contributed by atoms with Gasteiger partial charge in [0, 0.05) is 25.6 Å². The number of rotatable bonds is 6. The number of hydrogen-bond donors (Lipinski definition) is 2. The van der Waals surface area contributed by atoms with Crippen molar-refractivity contribution in [3.63, 3.8) is 0 Å². The van der Waals surface area contributed by atoms with Crippen molar-refractivity contribution in [3.8, 4) is 0 Å². The highest BCUT2D eigenvalue weighted by atomic mass is 32.2. The molecule has 1 saturated carbocycles. The van der Waals surface area contributed by atoms with Crippen LogP contribution in [0.15, 0.2) is 11.2 Å². The van der Waals surface area contributed by atoms with Gasteiger partial charge < -0.3 is 10.3 Å². The Bertz CT molecular complexity index is 547. The Kier molecular flexibility index (Phi) is 5.40. The second kappa shape index (κ2) is 6.89. The molecule has 0 amide bonds. The van der Waals surface area contributed by atoms with E-state index in [1.165, 1.54) is 10.5 Å². The third-order valence-corrected chi connectivity index (χ3v) is 6.12. The Labute approximate surface area is 127 Å². The zero-order valence-electron chi connectivity index (χ0n) is 13.1. The van der Waals surface area contributed by atoms with Gasteiger partial charge in [0.25, 0.3) is 10.0 Å². The minimum absolute atomic E-state index is 0.0817. The van der Waals surface area contributed by atoms with Crippen LogP contribution in [0, 0.1) is 0 Å². The molecule has 2 N–H and O–H groups in total. The van der Waals surface area contributed by atoms with Gasteiger partial charge in [-0.2, -0.15) is 4.31 Å². The molecule has 0 radical (unpaired) electrons. The number of nitrogens with zero attached hydrogens (tertiary/aromatic N) is 2. The summed E-state index contributed by atoms with van der Waals surface area (Å²) >= 11 is 0. The largest absolute Gasteiger partial charge is 0.332 e. The van der Waals surface area contributed by atoms with Crippen LogP contribution >= 0.6 is 0 Å². The Morgan fingerprint density at radius 3 is 2.52 bits per heavy atom. The maximum Gasteiger partial charge on any atom is 0.260 e. The van der Waals surface area contributed by atoms with Gasteiger partial charge in [-0.1, -0.05) is 13.8 Å². The lowest BCUT2D eigenvalue weighted by molar-refractivity contribution is 0.250. The van der Waals surface area contributed by atoms with Crippen molar-refractivity contribution in [1.82, 2.24) is 19.6 Å². The minimum atomic E-state index is -3.46. The Balaban J connectivity index is 2.03. The van der Waals surface area contributed by atoms with E-state index in [0.29, 0.717) is 18.3 Å². The fourth-order valence-corrected chi connectivity index (χ4v) is 4.28. The average Bonchev–Trinajstić information content (AvgIpc) is 2.97. The molecule has 0 aliphatic heterocycles. The van der Waals surface area contributed by atoms with Gasteiger partial charge in [0.2, 0.25) is 0 Å². The molecular weight excluding hydrogens is 288 g/mol. The first-order valence-corrected chi connectivity index (χ1v) is 9.18. The molecule has 1 aromatic heterocycles. The van der Waals surface area contributed by atoms with Gasteiger partial charge in [0.15, 0.2) is 5.03 Å². The lowest BCUT2D eigenvalue weighted by Crippen LogP contribution is -2.43. The molecule has 1 heterocycles. The molecule has 0 aromatic carbocycles. The van der Waals surface area contributed by atoms with Gasteiger partial charge in [-0.15, -0.1) is 0 Å². The van der Waals surface area contributed by atoms with Gasteiger partial charge >= 0.3 is 0 Å². The number of nitrogens with one attached hydrogen (secondary N) is 2. The molecule has 1 aromatic rings. The van der Waals surface area contributed by atoms with E-state index < -0.39 is 10.0 Å². The number of hydrogen-bond acceptors (Lipinski definition) is 4. The quantitative estimate of drug-likeness (QED) is 0.834. The van der Waals surface area contributed by atoms with Crippen LogP contribution in [0.5, 0.6) is 0 Å². The van der Waals surface area contributed by atoms with E-state index in [9.17, 15) is 8.42 Å². The van der Waals surface area contributed by atoms with Crippen LogP contribution in [0.3, 0.4) is 0 Å². The molecule has 0 spiro atoms. The number of sulfonamides is 1. The molecule has 0 unspecified atom stereocenters. The number of aryl methyl sites for hydroxylation is 1. The van der Waals surface area contributed by atoms with E-state index in [1.54, 1.807) is 7.05 Å². The van der Waals surface area contributed by atoms with Crippen LogP contribution in [-0.2, 0) is 16.4 Å². The van der Waals surface area contributed by atoms with Crippen LogP contribution < -0.4 is 5.32 Å². The molecule has 6 nitrogen and oxygen atoms in total. The van der Waals surface area contributed by atoms with Crippen molar-refractivity contribution < 1.29 is 8.42 Å². The Morgan fingerprint density at radius 2 is 2.00 bits per heavy atom. The van der Waals surface area contributed by atoms with Crippen LogP contribution in [0.2, 0.25) is 0 Å². The lowest BCUT2D eigenvalue weighted by atomic mass is 9.91. The van der Waals surface area contributed by atoms with Gasteiger partial charge in [-0.3, -0.25) is 0 Å². The van der Waals surface area contributed by atoms with Crippen molar-refractivity contribution in [3.05, 3.63) is 12.0 Å². The van der Waals surface area contributed by atoms with Crippen molar-refractivity contribution >= 4 is 10.0 Å². The van der Waals surface area contributed by atoms with E-state index in [2.05, 4.69) is 22.2 Å². The zero-order chi connectivity index (χ0) is 15.5. The summed E-state index contributed by atoms with van der Waals surface area (Å²) in [7, 11) is -1.78. The second-order valence-electron chi connectivity index (χ2n) is 5.63. The van der Waals surface area contributed by atoms with Crippen molar-refractivity contribution in [1.29, 1.82) is 0 Å². The predicted octanol–water partition coefficient (Wildman–Crippen LogP) is 1.51. The van der Waals surface area contributed by atoms with Gasteiger partial charge in [-0.25, -0.2) is 13.4 Å². The zero-order valence-corrected chi connectivity index (χ0v) is 13.9.